The minimum Gasteiger partial charge on any atom is -0.481 e. The van der Waals surface area contributed by atoms with Gasteiger partial charge >= 0.3 is 5.97 Å². The topological polar surface area (TPSA) is 57.7 Å². The van der Waals surface area contributed by atoms with Crippen LogP contribution in [0, 0.1) is 0 Å². The van der Waals surface area contributed by atoms with Gasteiger partial charge in [0.15, 0.2) is 0 Å². The van der Waals surface area contributed by atoms with Gasteiger partial charge in [-0.05, 0) is 48.2 Å². The lowest BCUT2D eigenvalue weighted by atomic mass is 9.94. The molecule has 0 amide bonds. The Labute approximate surface area is 157 Å². The average Bonchev–Trinajstić information content (AvgIpc) is 2.91. The van der Waals surface area contributed by atoms with Crippen LogP contribution in [0.25, 0.3) is 11.1 Å². The molecule has 0 aliphatic carbocycles. The first-order valence-corrected chi connectivity index (χ1v) is 8.72. The van der Waals surface area contributed by atoms with E-state index in [0.29, 0.717) is 17.3 Å². The molecule has 5 nitrogen and oxygen atoms in total. The van der Waals surface area contributed by atoms with Crippen LogP contribution in [0.2, 0.25) is 0 Å². The number of ether oxygens (including phenoxy) is 3. The van der Waals surface area contributed by atoms with Crippen molar-refractivity contribution in [2.45, 2.75) is 12.8 Å². The Morgan fingerprint density at radius 3 is 2.56 bits per heavy atom. The van der Waals surface area contributed by atoms with Gasteiger partial charge in [-0.3, -0.25) is 0 Å². The summed E-state index contributed by atoms with van der Waals surface area (Å²) in [5, 5.41) is 0. The number of fused-ring (bicyclic) bond motifs is 2. The molecule has 5 heteroatoms. The maximum absolute atomic E-state index is 11.7. The molecule has 0 saturated carbocycles. The van der Waals surface area contributed by atoms with E-state index in [2.05, 4.69) is 11.1 Å². The van der Waals surface area contributed by atoms with Crippen LogP contribution in [0.15, 0.2) is 54.6 Å². The number of aryl methyl sites for hydroxylation is 1. The Balaban J connectivity index is 1.72. The molecule has 0 fully saturated rings. The predicted molar refractivity (Wildman–Crippen MR) is 101 cm³/mol. The summed E-state index contributed by atoms with van der Waals surface area (Å²) in [6.45, 7) is 0. The molecule has 0 bridgehead atoms. The largest absolute Gasteiger partial charge is 0.481 e. The highest BCUT2D eigenvalue weighted by atomic mass is 16.5. The molecule has 4 rings (SSSR count). The number of esters is 1. The lowest BCUT2D eigenvalue weighted by Gasteiger charge is -2.13. The Hall–Kier alpha value is -3.34. The monoisotopic (exact) mass is 361 g/mol. The molecule has 0 spiro atoms. The summed E-state index contributed by atoms with van der Waals surface area (Å²) in [5.74, 6) is 1.58. The second kappa shape index (κ2) is 7.11. The zero-order valence-corrected chi connectivity index (χ0v) is 15.2. The first-order valence-electron chi connectivity index (χ1n) is 8.72. The number of benzene rings is 2. The van der Waals surface area contributed by atoms with Crippen LogP contribution in [-0.2, 0) is 17.6 Å². The van der Waals surface area contributed by atoms with E-state index in [4.69, 9.17) is 14.2 Å². The van der Waals surface area contributed by atoms with Crippen LogP contribution in [0.3, 0.4) is 0 Å². The maximum Gasteiger partial charge on any atom is 0.337 e. The van der Waals surface area contributed by atoms with Gasteiger partial charge in [0, 0.05) is 17.2 Å². The number of carbonyl (C=O) groups excluding carboxylic acids is 1. The molecule has 2 heterocycles. The molecule has 0 saturated heterocycles. The fourth-order valence-electron chi connectivity index (χ4n) is 3.30. The zero-order chi connectivity index (χ0) is 18.8. The SMILES string of the molecule is COC(=O)c1ccc(-c2cccc3c2CCc2ccc(OC)nc2O3)cc1. The van der Waals surface area contributed by atoms with Crippen molar-refractivity contribution in [2.24, 2.45) is 0 Å². The second-order valence-corrected chi connectivity index (χ2v) is 6.27. The van der Waals surface area contributed by atoms with Crippen molar-refractivity contribution in [3.05, 3.63) is 71.3 Å². The highest BCUT2D eigenvalue weighted by molar-refractivity contribution is 5.90. The number of pyridine rings is 1. The average molecular weight is 361 g/mol. The second-order valence-electron chi connectivity index (χ2n) is 6.27. The molecule has 1 aliphatic rings. The van der Waals surface area contributed by atoms with Crippen molar-refractivity contribution >= 4 is 5.97 Å². The molecule has 136 valence electrons. The highest BCUT2D eigenvalue weighted by Gasteiger charge is 2.20. The maximum atomic E-state index is 11.7. The van der Waals surface area contributed by atoms with Crippen LogP contribution < -0.4 is 9.47 Å². The van der Waals surface area contributed by atoms with Crippen molar-refractivity contribution in [2.75, 3.05) is 14.2 Å². The first kappa shape index (κ1) is 17.1. The summed E-state index contributed by atoms with van der Waals surface area (Å²) in [5.41, 5.74) is 4.82. The summed E-state index contributed by atoms with van der Waals surface area (Å²) in [6, 6.07) is 17.3. The van der Waals surface area contributed by atoms with Crippen molar-refractivity contribution < 1.29 is 19.0 Å². The molecule has 0 N–H and O–H groups in total. The lowest BCUT2D eigenvalue weighted by molar-refractivity contribution is 0.0601. The van der Waals surface area contributed by atoms with E-state index in [0.717, 1.165) is 40.8 Å². The molecular weight excluding hydrogens is 342 g/mol. The highest BCUT2D eigenvalue weighted by Crippen LogP contribution is 2.38. The van der Waals surface area contributed by atoms with Crippen LogP contribution in [0.4, 0.5) is 0 Å². The van der Waals surface area contributed by atoms with E-state index in [1.54, 1.807) is 19.2 Å². The standard InChI is InChI=1S/C22H19NO4/c1-25-20-13-11-15-10-12-18-17(4-3-5-19(18)27-21(15)23-20)14-6-8-16(9-7-14)22(24)26-2/h3-9,11,13H,10,12H2,1-2H3. The third-order valence-corrected chi connectivity index (χ3v) is 4.72. The van der Waals surface area contributed by atoms with Crippen LogP contribution in [0.5, 0.6) is 17.5 Å². The van der Waals surface area contributed by atoms with Gasteiger partial charge in [-0.25, -0.2) is 4.79 Å². The van der Waals surface area contributed by atoms with Gasteiger partial charge in [0.1, 0.15) is 5.75 Å². The smallest absolute Gasteiger partial charge is 0.337 e. The summed E-state index contributed by atoms with van der Waals surface area (Å²) in [6.07, 6.45) is 1.67. The zero-order valence-electron chi connectivity index (χ0n) is 15.2. The van der Waals surface area contributed by atoms with Gasteiger partial charge in [0.05, 0.1) is 19.8 Å². The fourth-order valence-corrected chi connectivity index (χ4v) is 3.30. The lowest BCUT2D eigenvalue weighted by Crippen LogP contribution is -2.00. The molecule has 1 aromatic heterocycles. The van der Waals surface area contributed by atoms with Gasteiger partial charge < -0.3 is 14.2 Å². The van der Waals surface area contributed by atoms with Crippen LogP contribution in [0.1, 0.15) is 21.5 Å². The van der Waals surface area contributed by atoms with Crippen molar-refractivity contribution in [3.8, 4) is 28.6 Å². The molecule has 1 aliphatic heterocycles. The van der Waals surface area contributed by atoms with Crippen molar-refractivity contribution in [3.63, 3.8) is 0 Å². The van der Waals surface area contributed by atoms with E-state index < -0.39 is 0 Å². The minimum absolute atomic E-state index is 0.341. The van der Waals surface area contributed by atoms with Crippen molar-refractivity contribution in [1.82, 2.24) is 4.98 Å². The predicted octanol–water partition coefficient (Wildman–Crippen LogP) is 4.43. The number of carbonyl (C=O) groups is 1. The Morgan fingerprint density at radius 2 is 1.81 bits per heavy atom. The van der Waals surface area contributed by atoms with Gasteiger partial charge in [0.2, 0.25) is 11.8 Å². The van der Waals surface area contributed by atoms with E-state index in [9.17, 15) is 4.79 Å². The number of rotatable bonds is 3. The third kappa shape index (κ3) is 3.24. The van der Waals surface area contributed by atoms with E-state index in [1.807, 2.05) is 36.4 Å². The van der Waals surface area contributed by atoms with Crippen LogP contribution >= 0.6 is 0 Å². The van der Waals surface area contributed by atoms with Crippen LogP contribution in [-0.4, -0.2) is 25.2 Å². The summed E-state index contributed by atoms with van der Waals surface area (Å²) in [7, 11) is 2.97. The number of aromatic nitrogens is 1. The van der Waals surface area contributed by atoms with Gasteiger partial charge in [-0.15, -0.1) is 0 Å². The number of hydrogen-bond acceptors (Lipinski definition) is 5. The Kier molecular flexibility index (Phi) is 4.50. The first-order chi connectivity index (χ1) is 13.2. The van der Waals surface area contributed by atoms with Gasteiger partial charge in [-0.1, -0.05) is 24.3 Å². The summed E-state index contributed by atoms with van der Waals surface area (Å²) >= 11 is 0. The van der Waals surface area contributed by atoms with E-state index >= 15 is 0 Å². The number of methoxy groups -OCH3 is 2. The molecule has 3 aromatic rings. The third-order valence-electron chi connectivity index (χ3n) is 4.72. The van der Waals surface area contributed by atoms with Crippen molar-refractivity contribution in [1.29, 1.82) is 0 Å². The molecule has 2 aromatic carbocycles. The molecule has 0 radical (unpaired) electrons. The molecule has 0 unspecified atom stereocenters. The molecule has 27 heavy (non-hydrogen) atoms. The quantitative estimate of drug-likeness (QED) is 0.646. The fraction of sp³-hybridized carbons (Fsp3) is 0.182. The van der Waals surface area contributed by atoms with E-state index in [-0.39, 0.29) is 5.97 Å². The summed E-state index contributed by atoms with van der Waals surface area (Å²) in [4.78, 5) is 16.1. The van der Waals surface area contributed by atoms with Gasteiger partial charge in [0.25, 0.3) is 0 Å². The normalized spacial score (nSPS) is 12.2. The molecule has 0 atom stereocenters. The number of hydrogen-bond donors (Lipinski definition) is 0. The van der Waals surface area contributed by atoms with E-state index in [1.165, 1.54) is 7.11 Å². The van der Waals surface area contributed by atoms with Gasteiger partial charge in [-0.2, -0.15) is 4.98 Å². The Bertz CT molecular complexity index is 996. The summed E-state index contributed by atoms with van der Waals surface area (Å²) < 4.78 is 16.1. The number of nitrogens with zero attached hydrogens (tertiary/aromatic N) is 1. The Morgan fingerprint density at radius 1 is 1.00 bits per heavy atom. The molecular formula is C22H19NO4. The minimum atomic E-state index is -0.341.